The number of para-hydroxylation sites is 1. The minimum absolute atomic E-state index is 0.0763. The Bertz CT molecular complexity index is 1280. The molecule has 0 fully saturated rings. The Morgan fingerprint density at radius 3 is 2.59 bits per heavy atom. The summed E-state index contributed by atoms with van der Waals surface area (Å²) in [6, 6.07) is 16.1. The maximum absolute atomic E-state index is 13.5. The second-order valence-electron chi connectivity index (χ2n) is 7.07. The van der Waals surface area contributed by atoms with Crippen molar-refractivity contribution in [1.29, 1.82) is 0 Å². The zero-order valence-electron chi connectivity index (χ0n) is 15.4. The quantitative estimate of drug-likeness (QED) is 0.557. The molecule has 5 nitrogen and oxygen atoms in total. The van der Waals surface area contributed by atoms with Crippen LogP contribution in [-0.2, 0) is 16.4 Å². The molecule has 0 saturated carbocycles. The standard InChI is InChI=1S/C22H18FN3O2S/c23-16-7-9-17(10-8-16)29(27,28)26-13-11-19-18-5-1-2-6-20(18)25-21(19)22(26)15-4-3-12-24-14-15/h1-10,12,14,22,25H,11,13H2. The second-order valence-corrected chi connectivity index (χ2v) is 8.96. The van der Waals surface area contributed by atoms with Crippen LogP contribution in [0.25, 0.3) is 10.9 Å². The van der Waals surface area contributed by atoms with Crippen LogP contribution in [-0.4, -0.2) is 29.2 Å². The first-order chi connectivity index (χ1) is 14.1. The molecule has 0 saturated heterocycles. The smallest absolute Gasteiger partial charge is 0.244 e. The Labute approximate surface area is 167 Å². The molecule has 29 heavy (non-hydrogen) atoms. The van der Waals surface area contributed by atoms with Gasteiger partial charge in [0.2, 0.25) is 10.0 Å². The average Bonchev–Trinajstić information content (AvgIpc) is 3.13. The Kier molecular flexibility index (Phi) is 4.22. The maximum atomic E-state index is 13.5. The van der Waals surface area contributed by atoms with Gasteiger partial charge >= 0.3 is 0 Å². The number of nitrogens with zero attached hydrogens (tertiary/aromatic N) is 2. The van der Waals surface area contributed by atoms with Crippen LogP contribution < -0.4 is 0 Å². The molecule has 1 N–H and O–H groups in total. The highest BCUT2D eigenvalue weighted by Gasteiger charge is 2.39. The van der Waals surface area contributed by atoms with Gasteiger partial charge in [-0.2, -0.15) is 4.31 Å². The number of sulfonamides is 1. The number of aromatic nitrogens is 2. The number of halogens is 1. The highest BCUT2D eigenvalue weighted by Crippen LogP contribution is 2.40. The number of H-pyrrole nitrogens is 1. The van der Waals surface area contributed by atoms with Crippen LogP contribution in [0.5, 0.6) is 0 Å². The Hall–Kier alpha value is -3.03. The molecule has 0 spiro atoms. The van der Waals surface area contributed by atoms with Crippen LogP contribution in [0.3, 0.4) is 0 Å². The van der Waals surface area contributed by atoms with Crippen molar-refractivity contribution in [3.05, 3.63) is 95.7 Å². The summed E-state index contributed by atoms with van der Waals surface area (Å²) in [5, 5.41) is 1.11. The van der Waals surface area contributed by atoms with Gasteiger partial charge in [-0.25, -0.2) is 12.8 Å². The Morgan fingerprint density at radius 2 is 1.83 bits per heavy atom. The molecule has 0 amide bonds. The van der Waals surface area contributed by atoms with Gasteiger partial charge in [-0.05, 0) is 53.9 Å². The average molecular weight is 407 g/mol. The molecule has 7 heteroatoms. The van der Waals surface area contributed by atoms with Gasteiger partial charge in [0, 0.05) is 35.5 Å². The molecule has 2 aromatic carbocycles. The molecule has 5 rings (SSSR count). The van der Waals surface area contributed by atoms with Crippen LogP contribution in [0, 0.1) is 5.82 Å². The van der Waals surface area contributed by atoms with Crippen molar-refractivity contribution in [3.63, 3.8) is 0 Å². The van der Waals surface area contributed by atoms with Gasteiger partial charge in [0.25, 0.3) is 0 Å². The van der Waals surface area contributed by atoms with Crippen molar-refractivity contribution in [2.45, 2.75) is 17.4 Å². The molecule has 1 atom stereocenters. The molecule has 1 aliphatic heterocycles. The first kappa shape index (κ1) is 18.0. The monoisotopic (exact) mass is 407 g/mol. The molecule has 0 radical (unpaired) electrons. The molecule has 4 aromatic rings. The van der Waals surface area contributed by atoms with Gasteiger partial charge in [-0.15, -0.1) is 0 Å². The summed E-state index contributed by atoms with van der Waals surface area (Å²) in [6.45, 7) is 0.327. The molecule has 2 aromatic heterocycles. The molecular weight excluding hydrogens is 389 g/mol. The molecule has 0 bridgehead atoms. The van der Waals surface area contributed by atoms with Gasteiger partial charge < -0.3 is 4.98 Å². The largest absolute Gasteiger partial charge is 0.357 e. The van der Waals surface area contributed by atoms with Crippen LogP contribution in [0.15, 0.2) is 78.0 Å². The first-order valence-corrected chi connectivity index (χ1v) is 10.8. The maximum Gasteiger partial charge on any atom is 0.244 e. The van der Waals surface area contributed by atoms with Crippen molar-refractivity contribution < 1.29 is 12.8 Å². The van der Waals surface area contributed by atoms with Gasteiger partial charge in [0.1, 0.15) is 5.82 Å². The zero-order chi connectivity index (χ0) is 20.0. The van der Waals surface area contributed by atoms with Crippen molar-refractivity contribution >= 4 is 20.9 Å². The van der Waals surface area contributed by atoms with Gasteiger partial charge in [-0.1, -0.05) is 24.3 Å². The van der Waals surface area contributed by atoms with E-state index >= 15 is 0 Å². The lowest BCUT2D eigenvalue weighted by Crippen LogP contribution is -2.40. The predicted molar refractivity (Wildman–Crippen MR) is 108 cm³/mol. The third-order valence-corrected chi connectivity index (χ3v) is 7.29. The lowest BCUT2D eigenvalue weighted by molar-refractivity contribution is 0.340. The summed E-state index contributed by atoms with van der Waals surface area (Å²) in [4.78, 5) is 7.71. The molecule has 146 valence electrons. The van der Waals surface area contributed by atoms with E-state index in [9.17, 15) is 12.8 Å². The van der Waals surface area contributed by atoms with Crippen LogP contribution >= 0.6 is 0 Å². The van der Waals surface area contributed by atoms with E-state index in [-0.39, 0.29) is 4.90 Å². The van der Waals surface area contributed by atoms with Crippen molar-refractivity contribution in [3.8, 4) is 0 Å². The highest BCUT2D eigenvalue weighted by atomic mass is 32.2. The Morgan fingerprint density at radius 1 is 1.03 bits per heavy atom. The lowest BCUT2D eigenvalue weighted by atomic mass is 9.95. The number of rotatable bonds is 3. The van der Waals surface area contributed by atoms with Gasteiger partial charge in [0.15, 0.2) is 0 Å². The summed E-state index contributed by atoms with van der Waals surface area (Å²) in [6.07, 6.45) is 3.95. The van der Waals surface area contributed by atoms with E-state index in [2.05, 4.69) is 16.0 Å². The fraction of sp³-hybridized carbons (Fsp3) is 0.136. The third kappa shape index (κ3) is 2.94. The normalized spacial score (nSPS) is 17.3. The summed E-state index contributed by atoms with van der Waals surface area (Å²) < 4.78 is 41.8. The Balaban J connectivity index is 1.70. The van der Waals surface area contributed by atoms with Crippen molar-refractivity contribution in [2.24, 2.45) is 0 Å². The fourth-order valence-electron chi connectivity index (χ4n) is 4.09. The predicted octanol–water partition coefficient (Wildman–Crippen LogP) is 4.04. The van der Waals surface area contributed by atoms with Gasteiger partial charge in [0.05, 0.1) is 10.9 Å². The molecule has 1 aliphatic rings. The highest BCUT2D eigenvalue weighted by molar-refractivity contribution is 7.89. The van der Waals surface area contributed by atoms with Crippen LogP contribution in [0.4, 0.5) is 4.39 Å². The summed E-state index contributed by atoms with van der Waals surface area (Å²) >= 11 is 0. The number of pyridine rings is 1. The van der Waals surface area contributed by atoms with Gasteiger partial charge in [-0.3, -0.25) is 4.98 Å². The number of fused-ring (bicyclic) bond motifs is 3. The van der Waals surface area contributed by atoms with Crippen molar-refractivity contribution in [1.82, 2.24) is 14.3 Å². The van der Waals surface area contributed by atoms with E-state index in [0.717, 1.165) is 27.7 Å². The van der Waals surface area contributed by atoms with E-state index in [4.69, 9.17) is 0 Å². The molecular formula is C22H18FN3O2S. The molecule has 1 unspecified atom stereocenters. The van der Waals surface area contributed by atoms with E-state index in [0.29, 0.717) is 13.0 Å². The number of hydrogen-bond donors (Lipinski definition) is 1. The minimum Gasteiger partial charge on any atom is -0.357 e. The van der Waals surface area contributed by atoms with Crippen molar-refractivity contribution in [2.75, 3.05) is 6.54 Å². The van der Waals surface area contributed by atoms with E-state index < -0.39 is 21.9 Å². The van der Waals surface area contributed by atoms with Crippen LogP contribution in [0.2, 0.25) is 0 Å². The SMILES string of the molecule is O=S(=O)(c1ccc(F)cc1)N1CCc2c([nH]c3ccccc23)C1c1cccnc1. The number of aromatic amines is 1. The zero-order valence-corrected chi connectivity index (χ0v) is 16.2. The fourth-order valence-corrected chi connectivity index (χ4v) is 5.68. The topological polar surface area (TPSA) is 66.1 Å². The number of nitrogens with one attached hydrogen (secondary N) is 1. The van der Waals surface area contributed by atoms with E-state index in [1.54, 1.807) is 18.5 Å². The lowest BCUT2D eigenvalue weighted by Gasteiger charge is -2.35. The second kappa shape index (κ2) is 6.79. The van der Waals surface area contributed by atoms with E-state index in [1.807, 2.05) is 24.3 Å². The third-order valence-electron chi connectivity index (χ3n) is 5.41. The molecule has 0 aliphatic carbocycles. The van der Waals surface area contributed by atoms with Crippen LogP contribution in [0.1, 0.15) is 22.9 Å². The minimum atomic E-state index is -3.84. The summed E-state index contributed by atoms with van der Waals surface area (Å²) in [7, 11) is -3.84. The number of benzene rings is 2. The first-order valence-electron chi connectivity index (χ1n) is 9.32. The molecule has 3 heterocycles. The summed E-state index contributed by atoms with van der Waals surface area (Å²) in [5.74, 6) is -0.468. The van der Waals surface area contributed by atoms with E-state index in [1.165, 1.54) is 28.6 Å². The summed E-state index contributed by atoms with van der Waals surface area (Å²) in [5.41, 5.74) is 3.74. The number of hydrogen-bond acceptors (Lipinski definition) is 3.